The number of carbonyl (C=O) groups excluding carboxylic acids is 5. The number of aliphatic carboxylic acids is 1. The van der Waals surface area contributed by atoms with E-state index >= 15 is 0 Å². The van der Waals surface area contributed by atoms with Gasteiger partial charge in [-0.3, -0.25) is 24.0 Å². The van der Waals surface area contributed by atoms with E-state index in [1.165, 1.54) is 64.7 Å². The summed E-state index contributed by atoms with van der Waals surface area (Å²) < 4.78 is 116. The molecule has 2 amide bonds. The van der Waals surface area contributed by atoms with Crippen LogP contribution in [-0.4, -0.2) is 89.7 Å². The Balaban J connectivity index is 0.000000185. The van der Waals surface area contributed by atoms with Crippen LogP contribution in [0.3, 0.4) is 0 Å². The van der Waals surface area contributed by atoms with Crippen LogP contribution in [0.15, 0.2) is 168 Å². The van der Waals surface area contributed by atoms with Crippen molar-refractivity contribution in [3.63, 3.8) is 0 Å². The molecule has 81 heavy (non-hydrogen) atoms. The number of ether oxygens (including phenoxy) is 2. The van der Waals surface area contributed by atoms with Gasteiger partial charge in [0.05, 0.1) is 20.8 Å². The van der Waals surface area contributed by atoms with Gasteiger partial charge in [-0.15, -0.1) is 0 Å². The highest BCUT2D eigenvalue weighted by Gasteiger charge is 2.57. The molecule has 0 spiro atoms. The van der Waals surface area contributed by atoms with E-state index in [9.17, 15) is 68.3 Å². The van der Waals surface area contributed by atoms with Crippen molar-refractivity contribution >= 4 is 88.7 Å². The number of amides is 2. The summed E-state index contributed by atoms with van der Waals surface area (Å²) in [5, 5.41) is 10.6. The summed E-state index contributed by atoms with van der Waals surface area (Å²) in [6.45, 7) is 2.39. The van der Waals surface area contributed by atoms with Crippen LogP contribution < -0.4 is 15.5 Å². The van der Waals surface area contributed by atoms with E-state index in [2.05, 4.69) is 0 Å². The summed E-state index contributed by atoms with van der Waals surface area (Å²) in [4.78, 5) is 77.6. The molecule has 18 nitrogen and oxygen atoms in total. The fourth-order valence-corrected chi connectivity index (χ4v) is 12.2. The lowest BCUT2D eigenvalue weighted by Crippen LogP contribution is -2.50. The van der Waals surface area contributed by atoms with Gasteiger partial charge < -0.3 is 30.1 Å². The molecule has 2 unspecified atom stereocenters. The van der Waals surface area contributed by atoms with Crippen LogP contribution in [0, 0.1) is 23.3 Å². The second-order valence-corrected chi connectivity index (χ2v) is 22.2. The molecule has 2 aliphatic rings. The van der Waals surface area contributed by atoms with E-state index in [0.29, 0.717) is 44.8 Å². The molecule has 6 aromatic carbocycles. The minimum absolute atomic E-state index is 0.0347. The molecule has 0 saturated carbocycles. The monoisotopic (exact) mass is 1150 g/mol. The van der Waals surface area contributed by atoms with E-state index in [1.807, 2.05) is 0 Å². The van der Waals surface area contributed by atoms with Crippen molar-refractivity contribution in [2.24, 2.45) is 5.73 Å². The molecule has 2 saturated heterocycles. The zero-order chi connectivity index (χ0) is 58.6. The number of ketones is 1. The maximum absolute atomic E-state index is 13.6. The Kier molecular flexibility index (Phi) is 16.8. The van der Waals surface area contributed by atoms with Gasteiger partial charge in [-0.25, -0.2) is 47.1 Å². The van der Waals surface area contributed by atoms with Crippen LogP contribution in [0.25, 0.3) is 21.8 Å². The second kappa shape index (κ2) is 23.4. The number of hydrogen-bond donors (Lipinski definition) is 2. The largest absolute Gasteiger partial charge is 0.478 e. The van der Waals surface area contributed by atoms with Crippen molar-refractivity contribution in [1.82, 2.24) is 7.94 Å². The summed E-state index contributed by atoms with van der Waals surface area (Å²) in [6, 6.07) is 34.7. The fraction of sp³-hybridized carbons (Fsp3) is 0.193. The smallest absolute Gasteiger partial charge is 0.358 e. The molecular weight excluding hydrogens is 1100 g/mol. The number of anilines is 2. The van der Waals surface area contributed by atoms with Crippen LogP contribution in [0.1, 0.15) is 44.2 Å². The van der Waals surface area contributed by atoms with Gasteiger partial charge in [-0.2, -0.15) is 0 Å². The maximum Gasteiger partial charge on any atom is 0.358 e. The van der Waals surface area contributed by atoms with Gasteiger partial charge in [-0.05, 0) is 115 Å². The molecule has 4 heterocycles. The van der Waals surface area contributed by atoms with Crippen molar-refractivity contribution in [3.8, 4) is 0 Å². The normalized spacial score (nSPS) is 17.1. The minimum atomic E-state index is -3.86. The molecule has 0 bridgehead atoms. The number of carboxylic acids is 1. The summed E-state index contributed by atoms with van der Waals surface area (Å²) in [7, 11) is -7.66. The van der Waals surface area contributed by atoms with Crippen LogP contribution >= 0.6 is 0 Å². The third-order valence-electron chi connectivity index (χ3n) is 13.2. The first-order valence-corrected chi connectivity index (χ1v) is 27.5. The van der Waals surface area contributed by atoms with E-state index in [0.717, 1.165) is 40.0 Å². The SMILES string of the molecule is CC(=O)OC1(C(=O)CCc2cc(F)cc(F)c2)CCN(c2ccc3c(ccn3S(=O)(=O)c3ccccc3)c2)C1=O.CC(=O)OC1(C(=O)O)CCN(c2ccc3c(ccn3S(=O)(=O)c3ccccc3)c2)C1=O.NCc1cc(F)cc(F)c1. The number of rotatable bonds is 14. The van der Waals surface area contributed by atoms with Gasteiger partial charge in [0.2, 0.25) is 5.60 Å². The molecule has 2 fully saturated rings. The first-order valence-electron chi connectivity index (χ1n) is 24.6. The lowest BCUT2D eigenvalue weighted by Gasteiger charge is -2.26. The Hall–Kier alpha value is -9.00. The number of fused-ring (bicyclic) bond motifs is 2. The first-order chi connectivity index (χ1) is 38.4. The van der Waals surface area contributed by atoms with Crippen molar-refractivity contribution in [2.45, 2.75) is 67.1 Å². The molecule has 2 aromatic heterocycles. The Morgan fingerprint density at radius 2 is 0.951 bits per heavy atom. The van der Waals surface area contributed by atoms with Gasteiger partial charge in [0, 0.05) is 99.4 Å². The number of nitrogens with two attached hydrogens (primary N) is 1. The Morgan fingerprint density at radius 3 is 1.36 bits per heavy atom. The minimum Gasteiger partial charge on any atom is -0.478 e. The number of carbonyl (C=O) groups is 6. The van der Waals surface area contributed by atoms with Crippen LogP contribution in [0.4, 0.5) is 28.9 Å². The average Bonchev–Trinajstić information content (AvgIpc) is 4.44. The molecule has 420 valence electrons. The van der Waals surface area contributed by atoms with Gasteiger partial charge in [0.25, 0.3) is 37.5 Å². The zero-order valence-electron chi connectivity index (χ0n) is 43.0. The number of nitrogens with zero attached hydrogens (tertiary/aromatic N) is 4. The van der Waals surface area contributed by atoms with Gasteiger partial charge in [0.1, 0.15) is 23.3 Å². The summed E-state index contributed by atoms with van der Waals surface area (Å²) in [5.74, 6) is -8.24. The maximum atomic E-state index is 13.6. The topological polar surface area (TPSA) is 252 Å². The standard InChI is InChI=1S/C29H24F2N2O6S.C21H18N2O7S.C7H7F2N/c1-19(34)39-29(27(35)10-7-20-15-22(30)18-23(31)16-20)12-14-32(28(29)36)24-8-9-26-21(17-24)11-13-33(26)40(37,38)25-5-3-2-4-6-25;1-14(24)30-21(20(26)27)10-12-22(19(21)25)16-7-8-18-15(13-16)9-11-23(18)31(28,29)17-5-3-2-4-6-17;8-6-1-5(4-10)2-7(9)3-6/h2-6,8-9,11,13,15-18H,7,10,12,14H2,1H3;2-9,11,13H,10,12H2,1H3,(H,26,27);1-3H,4,10H2. The quantitative estimate of drug-likeness (QED) is 0.0598. The molecular formula is C57H49F4N5O13S2. The lowest BCUT2D eigenvalue weighted by atomic mass is 9.91. The second-order valence-electron chi connectivity index (χ2n) is 18.6. The van der Waals surface area contributed by atoms with Crippen molar-refractivity contribution in [2.75, 3.05) is 22.9 Å². The average molecular weight is 1150 g/mol. The third kappa shape index (κ3) is 12.0. The van der Waals surface area contributed by atoms with Crippen molar-refractivity contribution in [1.29, 1.82) is 0 Å². The highest BCUT2D eigenvalue weighted by molar-refractivity contribution is 7.90. The molecule has 2 aliphatic heterocycles. The number of aromatic nitrogens is 2. The highest BCUT2D eigenvalue weighted by atomic mass is 32.2. The number of esters is 2. The van der Waals surface area contributed by atoms with E-state index < -0.39 is 90.0 Å². The Labute approximate surface area is 460 Å². The number of halogens is 4. The zero-order valence-corrected chi connectivity index (χ0v) is 44.6. The molecule has 2 atom stereocenters. The van der Waals surface area contributed by atoms with Gasteiger partial charge >= 0.3 is 17.9 Å². The number of hydrogen-bond acceptors (Lipinski definition) is 13. The number of aryl methyl sites for hydroxylation is 1. The predicted octanol–water partition coefficient (Wildman–Crippen LogP) is 7.82. The lowest BCUT2D eigenvalue weighted by molar-refractivity contribution is -0.179. The van der Waals surface area contributed by atoms with Crippen molar-refractivity contribution < 1.29 is 77.7 Å². The Morgan fingerprint density at radius 1 is 0.556 bits per heavy atom. The Bertz CT molecular complexity index is 3970. The molecule has 3 N–H and O–H groups in total. The number of carboxylic acid groups (broad SMARTS) is 1. The molecule has 8 aromatic rings. The molecule has 24 heteroatoms. The van der Waals surface area contributed by atoms with E-state index in [1.54, 1.807) is 78.9 Å². The molecule has 0 aliphatic carbocycles. The van der Waals surface area contributed by atoms with Gasteiger partial charge in [-0.1, -0.05) is 36.4 Å². The summed E-state index contributed by atoms with van der Waals surface area (Å²) in [6.07, 6.45) is 2.20. The number of benzene rings is 6. The molecule has 10 rings (SSSR count). The summed E-state index contributed by atoms with van der Waals surface area (Å²) in [5.41, 5.74) is 3.08. The van der Waals surface area contributed by atoms with Crippen LogP contribution in [0.5, 0.6) is 0 Å². The number of Topliss-reactive ketones (excluding diaryl/α,β-unsaturated/α-hetero) is 1. The summed E-state index contributed by atoms with van der Waals surface area (Å²) >= 11 is 0. The van der Waals surface area contributed by atoms with Crippen LogP contribution in [-0.2, 0) is 71.3 Å². The van der Waals surface area contributed by atoms with Gasteiger partial charge in [0.15, 0.2) is 5.78 Å². The third-order valence-corrected chi connectivity index (χ3v) is 16.6. The van der Waals surface area contributed by atoms with E-state index in [-0.39, 0.29) is 60.7 Å². The highest BCUT2D eigenvalue weighted by Crippen LogP contribution is 2.37. The fourth-order valence-electron chi connectivity index (χ4n) is 9.44. The first kappa shape index (κ1) is 58.2. The molecule has 0 radical (unpaired) electrons. The van der Waals surface area contributed by atoms with E-state index in [4.69, 9.17) is 15.2 Å². The van der Waals surface area contributed by atoms with Crippen LogP contribution in [0.2, 0.25) is 0 Å². The predicted molar refractivity (Wildman–Crippen MR) is 286 cm³/mol. The van der Waals surface area contributed by atoms with Crippen molar-refractivity contribution in [3.05, 3.63) is 192 Å².